The van der Waals surface area contributed by atoms with E-state index in [9.17, 15) is 9.90 Å². The number of rotatable bonds is 7. The second-order valence-corrected chi connectivity index (χ2v) is 4.01. The molecular weight excluding hydrogens is 200 g/mol. The van der Waals surface area contributed by atoms with Crippen LogP contribution in [0, 0.1) is 0 Å². The number of carbonyl (C=O) groups is 1. The first kappa shape index (κ1) is 13.7. The van der Waals surface area contributed by atoms with E-state index in [-0.39, 0.29) is 17.6 Å². The van der Waals surface area contributed by atoms with Gasteiger partial charge in [0, 0.05) is 6.42 Å². The Morgan fingerprint density at radius 2 is 2.14 bits per heavy atom. The highest BCUT2D eigenvalue weighted by Crippen LogP contribution is 2.13. The summed E-state index contributed by atoms with van der Waals surface area (Å²) in [7, 11) is 0. The number of carbonyl (C=O) groups excluding carboxylic acids is 1. The van der Waals surface area contributed by atoms with Crippen LogP contribution in [0.2, 0.25) is 0 Å². The van der Waals surface area contributed by atoms with E-state index in [1.807, 2.05) is 0 Å². The van der Waals surface area contributed by atoms with E-state index in [1.54, 1.807) is 0 Å². The Morgan fingerprint density at radius 1 is 1.50 bits per heavy atom. The lowest BCUT2D eigenvalue weighted by atomic mass is 10.1. The first-order chi connectivity index (χ1) is 6.57. The van der Waals surface area contributed by atoms with Gasteiger partial charge in [-0.1, -0.05) is 19.1 Å². The van der Waals surface area contributed by atoms with Gasteiger partial charge in [0.1, 0.15) is 5.78 Å². The quantitative estimate of drug-likeness (QED) is 0.527. The maximum absolute atomic E-state index is 10.7. The Kier molecular flexibility index (Phi) is 7.81. The largest absolute Gasteiger partial charge is 0.391 e. The minimum Gasteiger partial charge on any atom is -0.391 e. The maximum Gasteiger partial charge on any atom is 0.132 e. The van der Waals surface area contributed by atoms with Crippen molar-refractivity contribution in [3.05, 3.63) is 12.2 Å². The fourth-order valence-corrected chi connectivity index (χ4v) is 1.37. The number of halogens is 1. The van der Waals surface area contributed by atoms with Gasteiger partial charge in [-0.25, -0.2) is 0 Å². The Morgan fingerprint density at radius 3 is 2.64 bits per heavy atom. The van der Waals surface area contributed by atoms with E-state index >= 15 is 0 Å². The summed E-state index contributed by atoms with van der Waals surface area (Å²) >= 11 is 5.92. The van der Waals surface area contributed by atoms with Crippen molar-refractivity contribution in [3.63, 3.8) is 0 Å². The van der Waals surface area contributed by atoms with E-state index in [1.165, 1.54) is 6.92 Å². The first-order valence-corrected chi connectivity index (χ1v) is 5.48. The summed E-state index contributed by atoms with van der Waals surface area (Å²) in [6.07, 6.45) is 6.17. The summed E-state index contributed by atoms with van der Waals surface area (Å²) < 4.78 is 0. The number of allylic oxidation sites excluding steroid dienone is 2. The van der Waals surface area contributed by atoms with Crippen LogP contribution in [0.5, 0.6) is 0 Å². The van der Waals surface area contributed by atoms with Crippen molar-refractivity contribution in [1.29, 1.82) is 0 Å². The zero-order valence-electron chi connectivity index (χ0n) is 8.87. The number of aliphatic hydroxyl groups excluding tert-OH is 1. The zero-order valence-corrected chi connectivity index (χ0v) is 9.63. The molecule has 0 aromatic carbocycles. The van der Waals surface area contributed by atoms with Crippen molar-refractivity contribution in [1.82, 2.24) is 0 Å². The highest BCUT2D eigenvalue weighted by Gasteiger charge is 2.16. The molecule has 0 fully saturated rings. The minimum absolute atomic E-state index is 0.0211. The molecule has 1 N–H and O–H groups in total. The van der Waals surface area contributed by atoms with E-state index in [2.05, 4.69) is 19.1 Å². The number of ketones is 1. The second-order valence-electron chi connectivity index (χ2n) is 3.45. The van der Waals surface area contributed by atoms with Gasteiger partial charge in [-0.2, -0.15) is 0 Å². The van der Waals surface area contributed by atoms with Crippen LogP contribution in [0.1, 0.15) is 39.5 Å². The molecule has 14 heavy (non-hydrogen) atoms. The average molecular weight is 219 g/mol. The third-order valence-corrected chi connectivity index (χ3v) is 2.43. The molecule has 0 bridgehead atoms. The molecule has 0 radical (unpaired) electrons. The highest BCUT2D eigenvalue weighted by atomic mass is 35.5. The third kappa shape index (κ3) is 7.10. The van der Waals surface area contributed by atoms with Crippen molar-refractivity contribution < 1.29 is 9.90 Å². The van der Waals surface area contributed by atoms with Gasteiger partial charge < -0.3 is 5.11 Å². The van der Waals surface area contributed by atoms with E-state index < -0.39 is 6.10 Å². The normalized spacial score (nSPS) is 15.7. The molecule has 0 heterocycles. The second kappa shape index (κ2) is 8.01. The standard InChI is InChI=1S/C11H19ClO2/c1-3-4-5-6-7-10(12)11(14)8-9(2)13/h4-5,10-11,14H,3,6-8H2,1-2H3/t10-,11+/m1/s1. The number of hydrogen-bond acceptors (Lipinski definition) is 2. The van der Waals surface area contributed by atoms with Gasteiger partial charge in [0.05, 0.1) is 11.5 Å². The van der Waals surface area contributed by atoms with Crippen LogP contribution in [-0.2, 0) is 4.79 Å². The maximum atomic E-state index is 10.7. The summed E-state index contributed by atoms with van der Waals surface area (Å²) in [4.78, 5) is 10.7. The molecule has 0 amide bonds. The molecule has 0 aromatic rings. The van der Waals surface area contributed by atoms with Crippen molar-refractivity contribution in [2.24, 2.45) is 0 Å². The molecule has 0 aromatic heterocycles. The summed E-state index contributed by atoms with van der Waals surface area (Å²) in [6.45, 7) is 3.53. The predicted octanol–water partition coefficient (Wildman–Crippen LogP) is 2.68. The molecule has 0 rings (SSSR count). The Labute approximate surface area is 91.0 Å². The third-order valence-electron chi connectivity index (χ3n) is 1.93. The monoisotopic (exact) mass is 218 g/mol. The van der Waals surface area contributed by atoms with E-state index in [4.69, 9.17) is 11.6 Å². The molecule has 0 aliphatic heterocycles. The number of alkyl halides is 1. The fraction of sp³-hybridized carbons (Fsp3) is 0.727. The molecule has 0 saturated heterocycles. The van der Waals surface area contributed by atoms with Crippen LogP contribution in [0.3, 0.4) is 0 Å². The van der Waals surface area contributed by atoms with Gasteiger partial charge in [-0.05, 0) is 26.2 Å². The molecule has 0 spiro atoms. The molecule has 2 nitrogen and oxygen atoms in total. The van der Waals surface area contributed by atoms with Crippen molar-refractivity contribution in [2.45, 2.75) is 51.0 Å². The molecule has 0 saturated carbocycles. The van der Waals surface area contributed by atoms with Crippen molar-refractivity contribution in [3.8, 4) is 0 Å². The molecule has 0 aliphatic rings. The van der Waals surface area contributed by atoms with Crippen LogP contribution < -0.4 is 0 Å². The number of hydrogen-bond donors (Lipinski definition) is 1. The van der Waals surface area contributed by atoms with Gasteiger partial charge in [0.25, 0.3) is 0 Å². The average Bonchev–Trinajstić information content (AvgIpc) is 2.11. The molecular formula is C11H19ClO2. The number of Topliss-reactive ketones (excluding diaryl/α,β-unsaturated/α-hetero) is 1. The smallest absolute Gasteiger partial charge is 0.132 e. The topological polar surface area (TPSA) is 37.3 Å². The van der Waals surface area contributed by atoms with E-state index in [0.717, 1.165) is 12.8 Å². The van der Waals surface area contributed by atoms with Crippen molar-refractivity contribution in [2.75, 3.05) is 0 Å². The van der Waals surface area contributed by atoms with Crippen LogP contribution in [-0.4, -0.2) is 22.4 Å². The summed E-state index contributed by atoms with van der Waals surface area (Å²) in [5, 5.41) is 9.15. The minimum atomic E-state index is -0.704. The Bertz CT molecular complexity index is 190. The summed E-state index contributed by atoms with van der Waals surface area (Å²) in [5.74, 6) is -0.0211. The van der Waals surface area contributed by atoms with E-state index in [0.29, 0.717) is 6.42 Å². The van der Waals surface area contributed by atoms with Gasteiger partial charge >= 0.3 is 0 Å². The zero-order chi connectivity index (χ0) is 11.0. The predicted molar refractivity (Wildman–Crippen MR) is 59.6 cm³/mol. The molecule has 2 atom stereocenters. The first-order valence-electron chi connectivity index (χ1n) is 5.04. The van der Waals surface area contributed by atoms with Crippen LogP contribution in [0.15, 0.2) is 12.2 Å². The SMILES string of the molecule is CCC=CCC[C@@H](Cl)[C@@H](O)CC(C)=O. The molecule has 3 heteroatoms. The van der Waals surface area contributed by atoms with Gasteiger partial charge in [-0.15, -0.1) is 11.6 Å². The summed E-state index contributed by atoms with van der Waals surface area (Å²) in [5.41, 5.74) is 0. The fourth-order valence-electron chi connectivity index (χ4n) is 1.15. The number of aliphatic hydroxyl groups is 1. The van der Waals surface area contributed by atoms with Crippen LogP contribution in [0.25, 0.3) is 0 Å². The summed E-state index contributed by atoms with van der Waals surface area (Å²) in [6, 6.07) is 0. The van der Waals surface area contributed by atoms with Gasteiger partial charge in [0.15, 0.2) is 0 Å². The van der Waals surface area contributed by atoms with Gasteiger partial charge in [-0.3, -0.25) is 4.79 Å². The lowest BCUT2D eigenvalue weighted by Gasteiger charge is -2.14. The molecule has 0 aliphatic carbocycles. The van der Waals surface area contributed by atoms with Crippen LogP contribution in [0.4, 0.5) is 0 Å². The van der Waals surface area contributed by atoms with Crippen molar-refractivity contribution >= 4 is 17.4 Å². The van der Waals surface area contributed by atoms with Crippen LogP contribution >= 0.6 is 11.6 Å². The Hall–Kier alpha value is -0.340. The van der Waals surface area contributed by atoms with Gasteiger partial charge in [0.2, 0.25) is 0 Å². The molecule has 82 valence electrons. The lowest BCUT2D eigenvalue weighted by Crippen LogP contribution is -2.23. The lowest BCUT2D eigenvalue weighted by molar-refractivity contribution is -0.118. The highest BCUT2D eigenvalue weighted by molar-refractivity contribution is 6.21. The molecule has 0 unspecified atom stereocenters. The Balaban J connectivity index is 3.66.